The molecule has 0 unspecified atom stereocenters. The molecule has 0 atom stereocenters. The molecule has 0 bridgehead atoms. The maximum absolute atomic E-state index is 12.2. The molecule has 0 aliphatic heterocycles. The fourth-order valence-corrected chi connectivity index (χ4v) is 2.09. The zero-order valence-corrected chi connectivity index (χ0v) is 14.2. The first kappa shape index (κ1) is 17.5. The number of ketones is 1. The van der Waals surface area contributed by atoms with Gasteiger partial charge in [0.1, 0.15) is 0 Å². The van der Waals surface area contributed by atoms with E-state index in [1.54, 1.807) is 36.4 Å². The molecule has 0 heterocycles. The zero-order valence-electron chi connectivity index (χ0n) is 14.2. The minimum Gasteiger partial charge on any atom is -0.336 e. The van der Waals surface area contributed by atoms with Crippen molar-refractivity contribution in [3.8, 4) is 0 Å². The molecule has 0 aromatic heterocycles. The number of hydrogen-bond donors (Lipinski definition) is 2. The molecule has 2 aromatic rings. The van der Waals surface area contributed by atoms with Crippen molar-refractivity contribution in [3.05, 3.63) is 71.3 Å². The number of allylic oxidation sites excluding steroid dienone is 1. The molecule has 0 spiro atoms. The van der Waals surface area contributed by atoms with Crippen molar-refractivity contribution in [2.75, 3.05) is 5.32 Å². The van der Waals surface area contributed by atoms with Crippen LogP contribution in [-0.4, -0.2) is 17.9 Å². The second kappa shape index (κ2) is 8.11. The summed E-state index contributed by atoms with van der Waals surface area (Å²) < 4.78 is 0. The lowest BCUT2D eigenvalue weighted by Crippen LogP contribution is -2.34. The van der Waals surface area contributed by atoms with E-state index in [0.717, 1.165) is 5.56 Å². The summed E-state index contributed by atoms with van der Waals surface area (Å²) in [6, 6.07) is 14.6. The van der Waals surface area contributed by atoms with E-state index in [2.05, 4.69) is 10.6 Å². The summed E-state index contributed by atoms with van der Waals surface area (Å²) in [5.74, 6) is -0.0752. The van der Waals surface area contributed by atoms with Crippen molar-refractivity contribution in [2.45, 2.75) is 26.8 Å². The second-order valence-electron chi connectivity index (χ2n) is 5.94. The molecule has 2 amide bonds. The molecule has 0 aliphatic rings. The van der Waals surface area contributed by atoms with Gasteiger partial charge >= 0.3 is 6.03 Å². The van der Waals surface area contributed by atoms with Crippen LogP contribution in [0.4, 0.5) is 10.5 Å². The average molecular weight is 322 g/mol. The van der Waals surface area contributed by atoms with E-state index in [0.29, 0.717) is 11.3 Å². The fraction of sp³-hybridized carbons (Fsp3) is 0.200. The van der Waals surface area contributed by atoms with E-state index in [1.165, 1.54) is 5.56 Å². The highest BCUT2D eigenvalue weighted by Gasteiger charge is 2.05. The van der Waals surface area contributed by atoms with Crippen molar-refractivity contribution >= 4 is 23.6 Å². The monoisotopic (exact) mass is 322 g/mol. The molecule has 4 heteroatoms. The lowest BCUT2D eigenvalue weighted by atomic mass is 10.1. The molecule has 24 heavy (non-hydrogen) atoms. The molecule has 2 aromatic carbocycles. The van der Waals surface area contributed by atoms with Gasteiger partial charge in [-0.15, -0.1) is 0 Å². The minimum absolute atomic E-state index is 0.0674. The Morgan fingerprint density at radius 2 is 1.58 bits per heavy atom. The van der Waals surface area contributed by atoms with E-state index >= 15 is 0 Å². The van der Waals surface area contributed by atoms with Gasteiger partial charge in [-0.05, 0) is 56.7 Å². The van der Waals surface area contributed by atoms with Crippen LogP contribution in [0, 0.1) is 6.92 Å². The van der Waals surface area contributed by atoms with Crippen LogP contribution in [0.3, 0.4) is 0 Å². The molecular formula is C20H22N2O2. The molecule has 0 saturated carbocycles. The van der Waals surface area contributed by atoms with E-state index in [9.17, 15) is 9.59 Å². The number of anilines is 1. The molecule has 0 radical (unpaired) electrons. The first-order chi connectivity index (χ1) is 11.4. The number of benzene rings is 2. The highest BCUT2D eigenvalue weighted by molar-refractivity contribution is 6.07. The Hall–Kier alpha value is -2.88. The van der Waals surface area contributed by atoms with Crippen LogP contribution < -0.4 is 10.6 Å². The van der Waals surface area contributed by atoms with E-state index in [-0.39, 0.29) is 17.9 Å². The smallest absolute Gasteiger partial charge is 0.319 e. The van der Waals surface area contributed by atoms with Crippen molar-refractivity contribution < 1.29 is 9.59 Å². The van der Waals surface area contributed by atoms with Crippen LogP contribution in [0.1, 0.15) is 35.3 Å². The Bertz CT molecular complexity index is 729. The van der Waals surface area contributed by atoms with Gasteiger partial charge in [0.2, 0.25) is 0 Å². The topological polar surface area (TPSA) is 58.2 Å². The van der Waals surface area contributed by atoms with Crippen molar-refractivity contribution in [3.63, 3.8) is 0 Å². The summed E-state index contributed by atoms with van der Waals surface area (Å²) in [4.78, 5) is 23.8. The van der Waals surface area contributed by atoms with Gasteiger partial charge < -0.3 is 10.6 Å². The third-order valence-electron chi connectivity index (χ3n) is 3.35. The van der Waals surface area contributed by atoms with Crippen LogP contribution in [0.15, 0.2) is 54.6 Å². The standard InChI is InChI=1S/C20H22N2O2/c1-14(2)21-20(24)22-18-11-9-17(10-12-18)19(23)13-8-16-6-4-15(3)5-7-16/h4-14H,1-3H3,(H2,21,22,24)/b13-8+. The molecule has 0 saturated heterocycles. The van der Waals surface area contributed by atoms with Gasteiger partial charge in [-0.1, -0.05) is 35.9 Å². The van der Waals surface area contributed by atoms with Crippen molar-refractivity contribution in [1.82, 2.24) is 5.32 Å². The number of carbonyl (C=O) groups excluding carboxylic acids is 2. The van der Waals surface area contributed by atoms with Crippen molar-refractivity contribution in [1.29, 1.82) is 0 Å². The summed E-state index contributed by atoms with van der Waals surface area (Å²) in [5, 5.41) is 5.47. The number of nitrogens with one attached hydrogen (secondary N) is 2. The van der Waals surface area contributed by atoms with Crippen LogP contribution in [0.2, 0.25) is 0 Å². The Labute approximate surface area is 142 Å². The SMILES string of the molecule is Cc1ccc(/C=C/C(=O)c2ccc(NC(=O)NC(C)C)cc2)cc1. The molecule has 2 rings (SSSR count). The number of aryl methyl sites for hydroxylation is 1. The van der Waals surface area contributed by atoms with Crippen molar-refractivity contribution in [2.24, 2.45) is 0 Å². The summed E-state index contributed by atoms with van der Waals surface area (Å²) in [6.45, 7) is 5.80. The van der Waals surface area contributed by atoms with Gasteiger partial charge in [-0.3, -0.25) is 4.79 Å². The van der Waals surface area contributed by atoms with Crippen LogP contribution in [0.5, 0.6) is 0 Å². The average Bonchev–Trinajstić information content (AvgIpc) is 2.54. The summed E-state index contributed by atoms with van der Waals surface area (Å²) in [5.41, 5.74) is 3.39. The fourth-order valence-electron chi connectivity index (χ4n) is 2.09. The zero-order chi connectivity index (χ0) is 17.5. The van der Waals surface area contributed by atoms with Gasteiger partial charge in [-0.2, -0.15) is 0 Å². The summed E-state index contributed by atoms with van der Waals surface area (Å²) in [7, 11) is 0. The molecule has 0 aliphatic carbocycles. The second-order valence-corrected chi connectivity index (χ2v) is 5.94. The predicted molar refractivity (Wildman–Crippen MR) is 98.3 cm³/mol. The number of urea groups is 1. The van der Waals surface area contributed by atoms with Crippen LogP contribution in [-0.2, 0) is 0 Å². The molecule has 124 valence electrons. The molecule has 4 nitrogen and oxygen atoms in total. The van der Waals surface area contributed by atoms with E-state index < -0.39 is 0 Å². The number of rotatable bonds is 5. The Morgan fingerprint density at radius 3 is 2.17 bits per heavy atom. The quantitative estimate of drug-likeness (QED) is 0.632. The van der Waals surface area contributed by atoms with Crippen LogP contribution >= 0.6 is 0 Å². The van der Waals surface area contributed by atoms with Gasteiger partial charge in [-0.25, -0.2) is 4.79 Å². The summed E-state index contributed by atoms with van der Waals surface area (Å²) >= 11 is 0. The number of amides is 2. The lowest BCUT2D eigenvalue weighted by Gasteiger charge is -2.10. The van der Waals surface area contributed by atoms with E-state index in [4.69, 9.17) is 0 Å². The Kier molecular flexibility index (Phi) is 5.90. The maximum Gasteiger partial charge on any atom is 0.319 e. The number of carbonyl (C=O) groups is 2. The molecular weight excluding hydrogens is 300 g/mol. The highest BCUT2D eigenvalue weighted by Crippen LogP contribution is 2.12. The van der Waals surface area contributed by atoms with Crippen LogP contribution in [0.25, 0.3) is 6.08 Å². The summed E-state index contributed by atoms with van der Waals surface area (Å²) in [6.07, 6.45) is 3.35. The first-order valence-corrected chi connectivity index (χ1v) is 7.91. The normalized spacial score (nSPS) is 10.8. The van der Waals surface area contributed by atoms with Gasteiger partial charge in [0.15, 0.2) is 5.78 Å². The number of hydrogen-bond acceptors (Lipinski definition) is 2. The largest absolute Gasteiger partial charge is 0.336 e. The third kappa shape index (κ3) is 5.39. The van der Waals surface area contributed by atoms with E-state index in [1.807, 2.05) is 45.0 Å². The first-order valence-electron chi connectivity index (χ1n) is 7.91. The van der Waals surface area contributed by atoms with Gasteiger partial charge in [0, 0.05) is 17.3 Å². The predicted octanol–water partition coefficient (Wildman–Crippen LogP) is 4.42. The third-order valence-corrected chi connectivity index (χ3v) is 3.35. The van der Waals surface area contributed by atoms with Gasteiger partial charge in [0.25, 0.3) is 0 Å². The lowest BCUT2D eigenvalue weighted by molar-refractivity contribution is 0.104. The Morgan fingerprint density at radius 1 is 0.958 bits per heavy atom. The minimum atomic E-state index is -0.261. The molecule has 0 fully saturated rings. The molecule has 2 N–H and O–H groups in total. The van der Waals surface area contributed by atoms with Gasteiger partial charge in [0.05, 0.1) is 0 Å². The highest BCUT2D eigenvalue weighted by atomic mass is 16.2. The maximum atomic E-state index is 12.2. The Balaban J connectivity index is 1.98.